The molecule has 0 fully saturated rings. The zero-order valence-electron chi connectivity index (χ0n) is 12.4. The van der Waals surface area contributed by atoms with Crippen LogP contribution in [0.15, 0.2) is 30.3 Å². The highest BCUT2D eigenvalue weighted by atomic mass is 16.3. The standard InChI is InChI=1S/C16H20N2O3/c1-10(8-12-5-7-14(19)15(20)9-12)17-16(21)13-6-4-11(2)18(13)3/h4-7,9-10,19-20H,8H2,1-3H3,(H,17,21). The number of aromatic nitrogens is 1. The molecule has 112 valence electrons. The first kappa shape index (κ1) is 15.0. The molecule has 0 aliphatic heterocycles. The van der Waals surface area contributed by atoms with Crippen molar-refractivity contribution in [3.05, 3.63) is 47.3 Å². The molecule has 1 aromatic heterocycles. The van der Waals surface area contributed by atoms with Crippen LogP contribution in [-0.4, -0.2) is 26.7 Å². The number of nitrogens with one attached hydrogen (secondary N) is 1. The fraction of sp³-hybridized carbons (Fsp3) is 0.312. The molecule has 0 bridgehead atoms. The number of aromatic hydroxyl groups is 2. The predicted octanol–water partition coefficient (Wildman–Crippen LogP) is 2.11. The number of nitrogens with zero attached hydrogens (tertiary/aromatic N) is 1. The second kappa shape index (κ2) is 5.91. The minimum absolute atomic E-state index is 0.0864. The zero-order chi connectivity index (χ0) is 15.6. The Hall–Kier alpha value is -2.43. The average Bonchev–Trinajstić information content (AvgIpc) is 2.74. The summed E-state index contributed by atoms with van der Waals surface area (Å²) in [5.41, 5.74) is 2.49. The van der Waals surface area contributed by atoms with Crippen molar-refractivity contribution in [1.82, 2.24) is 9.88 Å². The number of phenolic OH excluding ortho intramolecular Hbond substituents is 2. The van der Waals surface area contributed by atoms with Crippen molar-refractivity contribution >= 4 is 5.91 Å². The topological polar surface area (TPSA) is 74.5 Å². The molecule has 1 atom stereocenters. The molecule has 2 rings (SSSR count). The summed E-state index contributed by atoms with van der Waals surface area (Å²) in [5, 5.41) is 21.7. The fourth-order valence-electron chi connectivity index (χ4n) is 2.24. The smallest absolute Gasteiger partial charge is 0.268 e. The monoisotopic (exact) mass is 288 g/mol. The van der Waals surface area contributed by atoms with Gasteiger partial charge in [-0.15, -0.1) is 0 Å². The van der Waals surface area contributed by atoms with Crippen LogP contribution in [0, 0.1) is 6.92 Å². The van der Waals surface area contributed by atoms with Crippen LogP contribution >= 0.6 is 0 Å². The van der Waals surface area contributed by atoms with E-state index in [2.05, 4.69) is 5.32 Å². The van der Waals surface area contributed by atoms with E-state index in [9.17, 15) is 15.0 Å². The molecule has 5 nitrogen and oxygen atoms in total. The lowest BCUT2D eigenvalue weighted by atomic mass is 10.1. The van der Waals surface area contributed by atoms with Gasteiger partial charge in [-0.25, -0.2) is 0 Å². The van der Waals surface area contributed by atoms with E-state index in [1.807, 2.05) is 31.5 Å². The second-order valence-corrected chi connectivity index (χ2v) is 5.32. The molecule has 0 spiro atoms. The number of benzene rings is 1. The van der Waals surface area contributed by atoms with Crippen LogP contribution in [0.2, 0.25) is 0 Å². The SMILES string of the molecule is Cc1ccc(C(=O)NC(C)Cc2ccc(O)c(O)c2)n1C. The zero-order valence-corrected chi connectivity index (χ0v) is 12.4. The maximum atomic E-state index is 12.2. The fourth-order valence-corrected chi connectivity index (χ4v) is 2.24. The molecular formula is C16H20N2O3. The third kappa shape index (κ3) is 3.37. The van der Waals surface area contributed by atoms with Gasteiger partial charge in [-0.3, -0.25) is 4.79 Å². The lowest BCUT2D eigenvalue weighted by molar-refractivity contribution is 0.0931. The number of aryl methyl sites for hydroxylation is 1. The molecule has 2 aromatic rings. The van der Waals surface area contributed by atoms with Gasteiger partial charge in [0, 0.05) is 18.8 Å². The van der Waals surface area contributed by atoms with E-state index in [-0.39, 0.29) is 23.4 Å². The van der Waals surface area contributed by atoms with Crippen LogP contribution in [0.1, 0.15) is 28.7 Å². The highest BCUT2D eigenvalue weighted by molar-refractivity contribution is 5.93. The quantitative estimate of drug-likeness (QED) is 0.754. The van der Waals surface area contributed by atoms with Crippen LogP contribution in [-0.2, 0) is 13.5 Å². The maximum absolute atomic E-state index is 12.2. The Kier molecular flexibility index (Phi) is 4.21. The van der Waals surface area contributed by atoms with Gasteiger partial charge in [0.25, 0.3) is 5.91 Å². The molecule has 0 aliphatic carbocycles. The summed E-state index contributed by atoms with van der Waals surface area (Å²) in [4.78, 5) is 12.2. The van der Waals surface area contributed by atoms with E-state index in [1.54, 1.807) is 12.1 Å². The Labute approximate surface area is 123 Å². The molecule has 1 amide bonds. The van der Waals surface area contributed by atoms with E-state index in [4.69, 9.17) is 0 Å². The third-order valence-electron chi connectivity index (χ3n) is 3.56. The molecule has 1 heterocycles. The van der Waals surface area contributed by atoms with Crippen molar-refractivity contribution in [1.29, 1.82) is 0 Å². The molecule has 3 N–H and O–H groups in total. The van der Waals surface area contributed by atoms with Gasteiger partial charge < -0.3 is 20.1 Å². The molecule has 0 saturated carbocycles. The van der Waals surface area contributed by atoms with Crippen molar-refractivity contribution in [2.45, 2.75) is 26.3 Å². The lowest BCUT2D eigenvalue weighted by Crippen LogP contribution is -2.35. The number of amides is 1. The Morgan fingerprint density at radius 3 is 2.52 bits per heavy atom. The first-order valence-electron chi connectivity index (χ1n) is 6.82. The van der Waals surface area contributed by atoms with Crippen molar-refractivity contribution in [3.8, 4) is 11.5 Å². The second-order valence-electron chi connectivity index (χ2n) is 5.32. The van der Waals surface area contributed by atoms with Crippen molar-refractivity contribution in [2.24, 2.45) is 7.05 Å². The van der Waals surface area contributed by atoms with E-state index >= 15 is 0 Å². The van der Waals surface area contributed by atoms with Gasteiger partial charge in [-0.05, 0) is 50.1 Å². The van der Waals surface area contributed by atoms with Gasteiger partial charge in [0.2, 0.25) is 0 Å². The molecular weight excluding hydrogens is 268 g/mol. The first-order chi connectivity index (χ1) is 9.88. The summed E-state index contributed by atoms with van der Waals surface area (Å²) in [6, 6.07) is 8.28. The van der Waals surface area contributed by atoms with E-state index in [1.165, 1.54) is 12.1 Å². The summed E-state index contributed by atoms with van der Waals surface area (Å²) in [7, 11) is 1.85. The summed E-state index contributed by atoms with van der Waals surface area (Å²) in [6.45, 7) is 3.84. The third-order valence-corrected chi connectivity index (χ3v) is 3.56. The van der Waals surface area contributed by atoms with Crippen molar-refractivity contribution in [2.75, 3.05) is 0 Å². The molecule has 5 heteroatoms. The highest BCUT2D eigenvalue weighted by Gasteiger charge is 2.14. The van der Waals surface area contributed by atoms with Crippen LogP contribution in [0.25, 0.3) is 0 Å². The summed E-state index contributed by atoms with van der Waals surface area (Å²) in [6.07, 6.45) is 0.572. The Bertz CT molecular complexity index is 662. The van der Waals surface area contributed by atoms with Crippen LogP contribution < -0.4 is 5.32 Å². The molecule has 1 aromatic carbocycles. The number of rotatable bonds is 4. The van der Waals surface area contributed by atoms with Crippen LogP contribution in [0.4, 0.5) is 0 Å². The minimum atomic E-state index is -0.149. The Balaban J connectivity index is 2.01. The first-order valence-corrected chi connectivity index (χ1v) is 6.82. The van der Waals surface area contributed by atoms with E-state index in [0.717, 1.165) is 11.3 Å². The predicted molar refractivity (Wildman–Crippen MR) is 80.6 cm³/mol. The van der Waals surface area contributed by atoms with E-state index < -0.39 is 0 Å². The van der Waals surface area contributed by atoms with Gasteiger partial charge in [0.05, 0.1) is 0 Å². The maximum Gasteiger partial charge on any atom is 0.268 e. The van der Waals surface area contributed by atoms with Crippen LogP contribution in [0.3, 0.4) is 0 Å². The number of hydrogen-bond donors (Lipinski definition) is 3. The van der Waals surface area contributed by atoms with Gasteiger partial charge in [0.1, 0.15) is 5.69 Å². The molecule has 0 aliphatic rings. The van der Waals surface area contributed by atoms with Gasteiger partial charge in [-0.1, -0.05) is 6.07 Å². The van der Waals surface area contributed by atoms with Crippen molar-refractivity contribution < 1.29 is 15.0 Å². The highest BCUT2D eigenvalue weighted by Crippen LogP contribution is 2.25. The normalized spacial score (nSPS) is 12.1. The summed E-state index contributed by atoms with van der Waals surface area (Å²) < 4.78 is 1.84. The average molecular weight is 288 g/mol. The van der Waals surface area contributed by atoms with Crippen molar-refractivity contribution in [3.63, 3.8) is 0 Å². The van der Waals surface area contributed by atoms with Gasteiger partial charge in [0.15, 0.2) is 11.5 Å². The lowest BCUT2D eigenvalue weighted by Gasteiger charge is -2.15. The van der Waals surface area contributed by atoms with E-state index in [0.29, 0.717) is 12.1 Å². The molecule has 0 saturated heterocycles. The van der Waals surface area contributed by atoms with Gasteiger partial charge in [-0.2, -0.15) is 0 Å². The summed E-state index contributed by atoms with van der Waals surface area (Å²) >= 11 is 0. The van der Waals surface area contributed by atoms with Crippen LogP contribution in [0.5, 0.6) is 11.5 Å². The number of hydrogen-bond acceptors (Lipinski definition) is 3. The van der Waals surface area contributed by atoms with Gasteiger partial charge >= 0.3 is 0 Å². The number of carbonyl (C=O) groups excluding carboxylic acids is 1. The molecule has 0 radical (unpaired) electrons. The molecule has 21 heavy (non-hydrogen) atoms. The Morgan fingerprint density at radius 1 is 1.24 bits per heavy atom. The summed E-state index contributed by atoms with van der Waals surface area (Å²) in [5.74, 6) is -0.417. The number of phenols is 2. The Morgan fingerprint density at radius 2 is 1.95 bits per heavy atom. The largest absolute Gasteiger partial charge is 0.504 e. The number of carbonyl (C=O) groups is 1. The molecule has 1 unspecified atom stereocenters. The minimum Gasteiger partial charge on any atom is -0.504 e.